The molecule has 25 heavy (non-hydrogen) atoms. The zero-order valence-electron chi connectivity index (χ0n) is 13.4. The second-order valence-corrected chi connectivity index (χ2v) is 7.01. The van der Waals surface area contributed by atoms with Crippen molar-refractivity contribution >= 4 is 22.3 Å². The number of hydrogen-bond acceptors (Lipinski definition) is 5. The molecule has 0 spiro atoms. The molecule has 2 aromatic rings. The van der Waals surface area contributed by atoms with E-state index in [9.17, 15) is 18.0 Å². The monoisotopic (exact) mass is 363 g/mol. The van der Waals surface area contributed by atoms with E-state index >= 15 is 0 Å². The minimum absolute atomic E-state index is 0.0821. The molecule has 0 aliphatic carbocycles. The summed E-state index contributed by atoms with van der Waals surface area (Å²) in [7, 11) is -4.15. The van der Waals surface area contributed by atoms with E-state index in [0.717, 1.165) is 5.56 Å². The van der Waals surface area contributed by atoms with Crippen molar-refractivity contribution in [3.8, 4) is 11.5 Å². The fraction of sp³-hybridized carbons (Fsp3) is 0.176. The first-order valence-corrected chi connectivity index (χ1v) is 8.83. The van der Waals surface area contributed by atoms with Gasteiger partial charge in [0.15, 0.2) is 0 Å². The molecule has 8 heteroatoms. The predicted molar refractivity (Wildman–Crippen MR) is 90.1 cm³/mol. The Hall–Kier alpha value is -2.71. The number of aldehydes is 1. The molecule has 0 fully saturated rings. The highest BCUT2D eigenvalue weighted by Gasteiger charge is 2.25. The van der Waals surface area contributed by atoms with Gasteiger partial charge in [-0.2, -0.15) is 0 Å². The van der Waals surface area contributed by atoms with E-state index in [-0.39, 0.29) is 16.9 Å². The van der Waals surface area contributed by atoms with Crippen LogP contribution < -0.4 is 9.46 Å². The van der Waals surface area contributed by atoms with Gasteiger partial charge in [0.2, 0.25) is 10.0 Å². The molecule has 132 valence electrons. The maximum atomic E-state index is 12.6. The first-order valence-electron chi connectivity index (χ1n) is 7.35. The van der Waals surface area contributed by atoms with Crippen LogP contribution in [0.15, 0.2) is 53.4 Å². The van der Waals surface area contributed by atoms with Gasteiger partial charge in [-0.15, -0.1) is 0 Å². The normalized spacial score (nSPS) is 12.4. The molecule has 0 aromatic heterocycles. The van der Waals surface area contributed by atoms with Crippen LogP contribution in [0.25, 0.3) is 0 Å². The molecule has 7 nitrogen and oxygen atoms in total. The Balaban J connectivity index is 2.36. The third-order valence-electron chi connectivity index (χ3n) is 3.23. The van der Waals surface area contributed by atoms with Gasteiger partial charge in [0.1, 0.15) is 22.7 Å². The number of carboxylic acids is 1. The van der Waals surface area contributed by atoms with E-state index in [1.165, 1.54) is 6.07 Å². The van der Waals surface area contributed by atoms with E-state index in [2.05, 4.69) is 4.72 Å². The number of nitrogens with one attached hydrogen (secondary N) is 1. The van der Waals surface area contributed by atoms with Gasteiger partial charge in [-0.3, -0.25) is 4.79 Å². The van der Waals surface area contributed by atoms with Crippen molar-refractivity contribution in [2.75, 3.05) is 0 Å². The second kappa shape index (κ2) is 7.91. The molecule has 0 aliphatic rings. The molecule has 0 amide bonds. The summed E-state index contributed by atoms with van der Waals surface area (Å²) in [5, 5.41) is 8.75. The van der Waals surface area contributed by atoms with Gasteiger partial charge < -0.3 is 14.6 Å². The lowest BCUT2D eigenvalue weighted by Crippen LogP contribution is -2.37. The summed E-state index contributed by atoms with van der Waals surface area (Å²) in [5.41, 5.74) is 0.780. The Morgan fingerprint density at radius 1 is 1.24 bits per heavy atom. The maximum absolute atomic E-state index is 12.6. The topological polar surface area (TPSA) is 110 Å². The van der Waals surface area contributed by atoms with Gasteiger partial charge in [-0.05, 0) is 36.8 Å². The average molecular weight is 363 g/mol. The molecular formula is C17H17NO6S. The number of carboxylic acid groups (broad SMARTS) is 1. The number of sulfonamides is 1. The Labute approximate surface area is 145 Å². The van der Waals surface area contributed by atoms with Gasteiger partial charge in [-0.25, -0.2) is 13.1 Å². The summed E-state index contributed by atoms with van der Waals surface area (Å²) in [5.74, 6) is -0.759. The van der Waals surface area contributed by atoms with Crippen LogP contribution in [0.2, 0.25) is 0 Å². The van der Waals surface area contributed by atoms with Crippen molar-refractivity contribution in [1.29, 1.82) is 0 Å². The number of ether oxygens (including phenoxy) is 1. The van der Waals surface area contributed by atoms with Crippen molar-refractivity contribution in [3.05, 3.63) is 54.1 Å². The third kappa shape index (κ3) is 5.13. The van der Waals surface area contributed by atoms with Crippen LogP contribution in [0.1, 0.15) is 12.0 Å². The Morgan fingerprint density at radius 3 is 2.52 bits per heavy atom. The Bertz CT molecular complexity index is 864. The molecular weight excluding hydrogens is 346 g/mol. The summed E-state index contributed by atoms with van der Waals surface area (Å²) in [6.45, 7) is 1.78. The van der Waals surface area contributed by atoms with Crippen molar-refractivity contribution < 1.29 is 27.9 Å². The Morgan fingerprint density at radius 2 is 1.92 bits per heavy atom. The summed E-state index contributed by atoms with van der Waals surface area (Å²) >= 11 is 0. The number of hydrogen-bond donors (Lipinski definition) is 2. The van der Waals surface area contributed by atoms with Gasteiger partial charge in [0, 0.05) is 0 Å². The highest BCUT2D eigenvalue weighted by atomic mass is 32.2. The molecule has 2 rings (SSSR count). The van der Waals surface area contributed by atoms with E-state index in [0.29, 0.717) is 5.75 Å². The number of aryl methyl sites for hydroxylation is 1. The van der Waals surface area contributed by atoms with Gasteiger partial charge in [0.25, 0.3) is 0 Å². The fourth-order valence-electron chi connectivity index (χ4n) is 2.10. The maximum Gasteiger partial charge on any atom is 0.305 e. The molecule has 0 bridgehead atoms. The van der Waals surface area contributed by atoms with Crippen LogP contribution in [0.3, 0.4) is 0 Å². The number of rotatable bonds is 8. The lowest BCUT2D eigenvalue weighted by molar-refractivity contribution is -0.138. The molecule has 2 aromatic carbocycles. The molecule has 1 unspecified atom stereocenters. The van der Waals surface area contributed by atoms with Crippen molar-refractivity contribution in [3.63, 3.8) is 0 Å². The third-order valence-corrected chi connectivity index (χ3v) is 4.75. The lowest BCUT2D eigenvalue weighted by atomic mass is 10.2. The molecule has 0 radical (unpaired) electrons. The Kier molecular flexibility index (Phi) is 5.89. The summed E-state index contributed by atoms with van der Waals surface area (Å²) in [6, 6.07) is 11.7. The minimum atomic E-state index is -4.15. The lowest BCUT2D eigenvalue weighted by Gasteiger charge is -2.15. The highest BCUT2D eigenvalue weighted by molar-refractivity contribution is 7.89. The van der Waals surface area contributed by atoms with Crippen molar-refractivity contribution in [1.82, 2.24) is 4.72 Å². The van der Waals surface area contributed by atoms with E-state index in [1.54, 1.807) is 49.4 Å². The average Bonchev–Trinajstić information content (AvgIpc) is 2.54. The molecule has 0 saturated carbocycles. The van der Waals surface area contributed by atoms with Crippen molar-refractivity contribution in [2.24, 2.45) is 0 Å². The zero-order chi connectivity index (χ0) is 18.4. The first kappa shape index (κ1) is 18.6. The molecule has 1 atom stereocenters. The van der Waals surface area contributed by atoms with Crippen LogP contribution in [-0.4, -0.2) is 31.8 Å². The number of para-hydroxylation sites is 1. The van der Waals surface area contributed by atoms with Crippen LogP contribution in [0, 0.1) is 6.92 Å². The van der Waals surface area contributed by atoms with Crippen LogP contribution >= 0.6 is 0 Å². The molecule has 2 N–H and O–H groups in total. The zero-order valence-corrected chi connectivity index (χ0v) is 14.2. The quantitative estimate of drug-likeness (QED) is 0.695. The molecule has 0 aliphatic heterocycles. The largest absolute Gasteiger partial charge is 0.481 e. The molecule has 0 saturated heterocycles. The van der Waals surface area contributed by atoms with Crippen LogP contribution in [0.5, 0.6) is 11.5 Å². The number of aliphatic carboxylic acids is 1. The smallest absolute Gasteiger partial charge is 0.305 e. The van der Waals surface area contributed by atoms with E-state index in [1.807, 2.05) is 0 Å². The summed E-state index contributed by atoms with van der Waals surface area (Å²) < 4.78 is 32.9. The number of benzene rings is 2. The standard InChI is InChI=1S/C17H17NO6S/c1-12-7-8-16(15(9-12)24-14-5-3-2-4-6-14)25(22,23)18-13(11-19)10-17(20)21/h2-9,11,13,18H,10H2,1H3,(H,20,21). The van der Waals surface area contributed by atoms with Gasteiger partial charge in [0.05, 0.1) is 12.5 Å². The van der Waals surface area contributed by atoms with E-state index < -0.39 is 28.5 Å². The summed E-state index contributed by atoms with van der Waals surface area (Å²) in [6.07, 6.45) is -0.402. The van der Waals surface area contributed by atoms with Gasteiger partial charge >= 0.3 is 5.97 Å². The van der Waals surface area contributed by atoms with Crippen LogP contribution in [-0.2, 0) is 19.6 Å². The highest BCUT2D eigenvalue weighted by Crippen LogP contribution is 2.29. The van der Waals surface area contributed by atoms with Crippen LogP contribution in [0.4, 0.5) is 0 Å². The second-order valence-electron chi connectivity index (χ2n) is 5.33. The fourth-order valence-corrected chi connectivity index (χ4v) is 3.38. The number of carbonyl (C=O) groups is 2. The minimum Gasteiger partial charge on any atom is -0.481 e. The number of carbonyl (C=O) groups excluding carboxylic acids is 1. The predicted octanol–water partition coefficient (Wildman–Crippen LogP) is 2.11. The van der Waals surface area contributed by atoms with E-state index in [4.69, 9.17) is 9.84 Å². The van der Waals surface area contributed by atoms with Gasteiger partial charge in [-0.1, -0.05) is 24.3 Å². The summed E-state index contributed by atoms with van der Waals surface area (Å²) in [4.78, 5) is 21.5. The molecule has 0 heterocycles. The SMILES string of the molecule is Cc1ccc(S(=O)(=O)NC(C=O)CC(=O)O)c(Oc2ccccc2)c1. The first-order chi connectivity index (χ1) is 11.8. The van der Waals surface area contributed by atoms with Crippen molar-refractivity contribution in [2.45, 2.75) is 24.3 Å².